The lowest BCUT2D eigenvalue weighted by Crippen LogP contribution is -2.46. The second-order valence-electron chi connectivity index (χ2n) is 8.24. The molecule has 0 unspecified atom stereocenters. The third-order valence-electron chi connectivity index (χ3n) is 4.83. The molecule has 29 heavy (non-hydrogen) atoms. The SMILES string of the molecule is CC(C)(C)OC(=O)N1[C@@H](C(N)=O)CC[C@H]1c1ccc(OCc2ccccc2)cc1. The third-order valence-corrected chi connectivity index (χ3v) is 4.83. The molecule has 2 amide bonds. The number of hydrogen-bond donors (Lipinski definition) is 1. The zero-order chi connectivity index (χ0) is 21.0. The average molecular weight is 396 g/mol. The van der Waals surface area contributed by atoms with Crippen LogP contribution in [0.5, 0.6) is 5.75 Å². The Hall–Kier alpha value is -3.02. The zero-order valence-electron chi connectivity index (χ0n) is 17.1. The van der Waals surface area contributed by atoms with Crippen LogP contribution in [0.15, 0.2) is 54.6 Å². The van der Waals surface area contributed by atoms with E-state index in [4.69, 9.17) is 15.2 Å². The number of carbonyl (C=O) groups excluding carboxylic acids is 2. The number of likely N-dealkylation sites (tertiary alicyclic amines) is 1. The van der Waals surface area contributed by atoms with Crippen LogP contribution in [0, 0.1) is 0 Å². The van der Waals surface area contributed by atoms with Gasteiger partial charge in [0.2, 0.25) is 5.91 Å². The van der Waals surface area contributed by atoms with Gasteiger partial charge >= 0.3 is 6.09 Å². The number of nitrogens with zero attached hydrogens (tertiary/aromatic N) is 1. The molecule has 1 saturated heterocycles. The second-order valence-corrected chi connectivity index (χ2v) is 8.24. The van der Waals surface area contributed by atoms with E-state index in [9.17, 15) is 9.59 Å². The molecular formula is C23H28N2O4. The number of nitrogens with two attached hydrogens (primary N) is 1. The lowest BCUT2D eigenvalue weighted by atomic mass is 10.0. The van der Waals surface area contributed by atoms with E-state index in [1.54, 1.807) is 20.8 Å². The predicted octanol–water partition coefficient (Wildman–Crippen LogP) is 4.19. The summed E-state index contributed by atoms with van der Waals surface area (Å²) in [7, 11) is 0. The highest BCUT2D eigenvalue weighted by molar-refractivity contribution is 5.85. The maximum Gasteiger partial charge on any atom is 0.411 e. The fourth-order valence-corrected chi connectivity index (χ4v) is 3.51. The van der Waals surface area contributed by atoms with Crippen molar-refractivity contribution >= 4 is 12.0 Å². The Balaban J connectivity index is 1.73. The molecule has 1 aliphatic rings. The lowest BCUT2D eigenvalue weighted by molar-refractivity contribution is -0.122. The molecule has 1 heterocycles. The second kappa shape index (κ2) is 8.55. The maximum absolute atomic E-state index is 12.8. The van der Waals surface area contributed by atoms with Gasteiger partial charge in [0, 0.05) is 0 Å². The van der Waals surface area contributed by atoms with Crippen molar-refractivity contribution in [2.24, 2.45) is 5.73 Å². The lowest BCUT2D eigenvalue weighted by Gasteiger charge is -2.31. The normalized spacial score (nSPS) is 19.1. The summed E-state index contributed by atoms with van der Waals surface area (Å²) < 4.78 is 11.3. The van der Waals surface area contributed by atoms with Crippen molar-refractivity contribution in [2.45, 2.75) is 57.9 Å². The summed E-state index contributed by atoms with van der Waals surface area (Å²) in [6.07, 6.45) is 0.649. The first-order valence-corrected chi connectivity index (χ1v) is 9.82. The Morgan fingerprint density at radius 2 is 1.69 bits per heavy atom. The summed E-state index contributed by atoms with van der Waals surface area (Å²) in [6.45, 7) is 5.88. The third kappa shape index (κ3) is 5.28. The summed E-state index contributed by atoms with van der Waals surface area (Å²) in [5.74, 6) is 0.229. The van der Waals surface area contributed by atoms with Gasteiger partial charge in [-0.15, -0.1) is 0 Å². The number of amides is 2. The van der Waals surface area contributed by atoms with E-state index >= 15 is 0 Å². The summed E-state index contributed by atoms with van der Waals surface area (Å²) in [4.78, 5) is 26.1. The molecular weight excluding hydrogens is 368 g/mol. The highest BCUT2D eigenvalue weighted by atomic mass is 16.6. The number of benzene rings is 2. The molecule has 0 radical (unpaired) electrons. The number of rotatable bonds is 5. The molecule has 0 aromatic heterocycles. The summed E-state index contributed by atoms with van der Waals surface area (Å²) in [6, 6.07) is 16.6. The van der Waals surface area contributed by atoms with Crippen molar-refractivity contribution in [1.82, 2.24) is 4.90 Å². The predicted molar refractivity (Wildman–Crippen MR) is 110 cm³/mol. The van der Waals surface area contributed by atoms with Crippen LogP contribution in [0.3, 0.4) is 0 Å². The van der Waals surface area contributed by atoms with E-state index in [-0.39, 0.29) is 6.04 Å². The van der Waals surface area contributed by atoms with Gasteiger partial charge in [-0.3, -0.25) is 9.69 Å². The standard InChI is InChI=1S/C23H28N2O4/c1-23(2,3)29-22(27)25-19(13-14-20(25)21(24)26)17-9-11-18(12-10-17)28-15-16-7-5-4-6-8-16/h4-12,19-20H,13-15H2,1-3H3,(H2,24,26)/t19-,20+/m0/s1. The van der Waals surface area contributed by atoms with Crippen LogP contribution < -0.4 is 10.5 Å². The fraction of sp³-hybridized carbons (Fsp3) is 0.391. The Kier molecular flexibility index (Phi) is 6.11. The first kappa shape index (κ1) is 20.7. The van der Waals surface area contributed by atoms with Gasteiger partial charge in [-0.1, -0.05) is 42.5 Å². The van der Waals surface area contributed by atoms with Gasteiger partial charge in [0.25, 0.3) is 0 Å². The molecule has 0 bridgehead atoms. The molecule has 0 spiro atoms. The maximum atomic E-state index is 12.8. The molecule has 0 aliphatic carbocycles. The summed E-state index contributed by atoms with van der Waals surface area (Å²) in [5, 5.41) is 0. The largest absolute Gasteiger partial charge is 0.489 e. The van der Waals surface area contributed by atoms with Gasteiger partial charge in [-0.05, 0) is 56.9 Å². The molecule has 6 heteroatoms. The highest BCUT2D eigenvalue weighted by Gasteiger charge is 2.42. The number of hydrogen-bond acceptors (Lipinski definition) is 4. The van der Waals surface area contributed by atoms with E-state index in [0.717, 1.165) is 16.9 Å². The van der Waals surface area contributed by atoms with E-state index < -0.39 is 23.6 Å². The Morgan fingerprint density at radius 1 is 1.03 bits per heavy atom. The van der Waals surface area contributed by atoms with Crippen LogP contribution in [0.2, 0.25) is 0 Å². The molecule has 154 valence electrons. The first-order chi connectivity index (χ1) is 13.7. The minimum absolute atomic E-state index is 0.259. The average Bonchev–Trinajstić information content (AvgIpc) is 3.12. The van der Waals surface area contributed by atoms with Gasteiger partial charge in [0.1, 0.15) is 24.0 Å². The molecule has 1 fully saturated rings. The molecule has 6 nitrogen and oxygen atoms in total. The van der Waals surface area contributed by atoms with E-state index in [1.165, 1.54) is 4.90 Å². The monoisotopic (exact) mass is 396 g/mol. The Morgan fingerprint density at radius 3 is 2.28 bits per heavy atom. The minimum atomic E-state index is -0.663. The first-order valence-electron chi connectivity index (χ1n) is 9.82. The molecule has 2 aromatic rings. The molecule has 3 rings (SSSR count). The molecule has 1 aliphatic heterocycles. The van der Waals surface area contributed by atoms with Crippen LogP contribution in [0.4, 0.5) is 4.79 Å². The van der Waals surface area contributed by atoms with Crippen LogP contribution >= 0.6 is 0 Å². The Bertz CT molecular complexity index is 843. The van der Waals surface area contributed by atoms with E-state index in [1.807, 2.05) is 54.6 Å². The van der Waals surface area contributed by atoms with Crippen molar-refractivity contribution in [3.63, 3.8) is 0 Å². The van der Waals surface area contributed by atoms with Crippen molar-refractivity contribution in [3.8, 4) is 5.75 Å². The van der Waals surface area contributed by atoms with Crippen molar-refractivity contribution in [2.75, 3.05) is 0 Å². The van der Waals surface area contributed by atoms with Gasteiger partial charge in [-0.25, -0.2) is 4.79 Å². The van der Waals surface area contributed by atoms with Crippen LogP contribution in [-0.2, 0) is 16.1 Å². The minimum Gasteiger partial charge on any atom is -0.489 e. The molecule has 2 aromatic carbocycles. The summed E-state index contributed by atoms with van der Waals surface area (Å²) in [5.41, 5.74) is 6.90. The van der Waals surface area contributed by atoms with E-state index in [2.05, 4.69) is 0 Å². The molecule has 2 atom stereocenters. The number of ether oxygens (including phenoxy) is 2. The van der Waals surface area contributed by atoms with Gasteiger partial charge in [0.15, 0.2) is 0 Å². The van der Waals surface area contributed by atoms with Crippen LogP contribution in [0.25, 0.3) is 0 Å². The number of carbonyl (C=O) groups is 2. The van der Waals surface area contributed by atoms with E-state index in [0.29, 0.717) is 19.4 Å². The fourth-order valence-electron chi connectivity index (χ4n) is 3.51. The smallest absolute Gasteiger partial charge is 0.411 e. The summed E-state index contributed by atoms with van der Waals surface area (Å²) >= 11 is 0. The molecule has 2 N–H and O–H groups in total. The van der Waals surface area contributed by atoms with Crippen LogP contribution in [-0.4, -0.2) is 28.5 Å². The highest BCUT2D eigenvalue weighted by Crippen LogP contribution is 2.37. The number of primary amides is 1. The topological polar surface area (TPSA) is 81.9 Å². The van der Waals surface area contributed by atoms with Crippen molar-refractivity contribution in [1.29, 1.82) is 0 Å². The van der Waals surface area contributed by atoms with Gasteiger partial charge in [-0.2, -0.15) is 0 Å². The van der Waals surface area contributed by atoms with Crippen molar-refractivity contribution in [3.05, 3.63) is 65.7 Å². The quantitative estimate of drug-likeness (QED) is 0.821. The zero-order valence-corrected chi connectivity index (χ0v) is 17.1. The van der Waals surface area contributed by atoms with Crippen LogP contribution in [0.1, 0.15) is 50.8 Å². The van der Waals surface area contributed by atoms with Gasteiger partial charge in [0.05, 0.1) is 6.04 Å². The van der Waals surface area contributed by atoms with Gasteiger partial charge < -0.3 is 15.2 Å². The van der Waals surface area contributed by atoms with Crippen molar-refractivity contribution < 1.29 is 19.1 Å². The molecule has 0 saturated carbocycles. The Labute approximate surface area is 171 Å².